The minimum absolute atomic E-state index is 0.285. The molecule has 0 fully saturated rings. The summed E-state index contributed by atoms with van der Waals surface area (Å²) in [5.74, 6) is 0.555. The van der Waals surface area contributed by atoms with Gasteiger partial charge in [0.15, 0.2) is 5.82 Å². The number of imidazole rings is 1. The number of aliphatic hydroxyl groups excluding tert-OH is 1. The van der Waals surface area contributed by atoms with E-state index >= 15 is 0 Å². The number of hydrogen-bond acceptors (Lipinski definition) is 3. The molecule has 2 rings (SSSR count). The van der Waals surface area contributed by atoms with Gasteiger partial charge in [-0.2, -0.15) is 0 Å². The lowest BCUT2D eigenvalue weighted by Crippen LogP contribution is -2.36. The Balaban J connectivity index is 2.38. The fraction of sp³-hybridized carbons (Fsp3) is 0.562. The zero-order valence-corrected chi connectivity index (χ0v) is 13.2. The summed E-state index contributed by atoms with van der Waals surface area (Å²) in [6, 6.07) is 5.34. The molecule has 1 aromatic heterocycles. The van der Waals surface area contributed by atoms with Crippen LogP contribution in [0.15, 0.2) is 18.2 Å². The van der Waals surface area contributed by atoms with Gasteiger partial charge in [-0.25, -0.2) is 9.37 Å². The van der Waals surface area contributed by atoms with Gasteiger partial charge in [-0.15, -0.1) is 0 Å². The average Bonchev–Trinajstić information content (AvgIpc) is 2.76. The lowest BCUT2D eigenvalue weighted by atomic mass is 10.2. The Morgan fingerprint density at radius 1 is 1.33 bits per heavy atom. The molecule has 5 heteroatoms. The lowest BCUT2D eigenvalue weighted by molar-refractivity contribution is 0.100. The predicted molar refractivity (Wildman–Crippen MR) is 82.6 cm³/mol. The molecule has 1 atom stereocenters. The van der Waals surface area contributed by atoms with Gasteiger partial charge in [0, 0.05) is 19.1 Å². The number of aliphatic hydroxyl groups is 1. The molecule has 0 aliphatic heterocycles. The first kappa shape index (κ1) is 15.9. The van der Waals surface area contributed by atoms with Crippen LogP contribution in [0, 0.1) is 5.82 Å². The molecule has 1 aromatic carbocycles. The number of benzene rings is 1. The Labute approximate surface area is 125 Å². The normalized spacial score (nSPS) is 13.5. The van der Waals surface area contributed by atoms with Crippen molar-refractivity contribution in [1.82, 2.24) is 14.5 Å². The van der Waals surface area contributed by atoms with E-state index in [2.05, 4.69) is 23.7 Å². The van der Waals surface area contributed by atoms with E-state index in [1.165, 1.54) is 6.07 Å². The van der Waals surface area contributed by atoms with Crippen molar-refractivity contribution in [3.8, 4) is 0 Å². The molecule has 0 saturated heterocycles. The molecule has 2 aromatic rings. The largest absolute Gasteiger partial charge is 0.392 e. The number of halogens is 1. The first-order valence-corrected chi connectivity index (χ1v) is 7.49. The maximum Gasteiger partial charge on any atom is 0.151 e. The van der Waals surface area contributed by atoms with E-state index in [0.29, 0.717) is 18.6 Å². The molecule has 0 saturated carbocycles. The van der Waals surface area contributed by atoms with E-state index in [-0.39, 0.29) is 11.9 Å². The molecule has 1 heterocycles. The Bertz CT molecular complexity index is 607. The predicted octanol–water partition coefficient (Wildman–Crippen LogP) is 2.79. The zero-order valence-electron chi connectivity index (χ0n) is 13.2. The van der Waals surface area contributed by atoms with Gasteiger partial charge in [0.2, 0.25) is 0 Å². The topological polar surface area (TPSA) is 41.3 Å². The van der Waals surface area contributed by atoms with Crippen molar-refractivity contribution in [1.29, 1.82) is 0 Å². The van der Waals surface area contributed by atoms with Crippen molar-refractivity contribution in [2.24, 2.45) is 0 Å². The number of aryl methyl sites for hydroxylation is 1. The summed E-state index contributed by atoms with van der Waals surface area (Å²) in [6.45, 7) is 9.90. The summed E-state index contributed by atoms with van der Waals surface area (Å²) >= 11 is 0. The van der Waals surface area contributed by atoms with Crippen LogP contribution in [0.1, 0.15) is 33.5 Å². The molecule has 1 unspecified atom stereocenters. The zero-order chi connectivity index (χ0) is 15.6. The Morgan fingerprint density at radius 3 is 2.62 bits per heavy atom. The third-order valence-corrected chi connectivity index (χ3v) is 3.70. The van der Waals surface area contributed by atoms with Gasteiger partial charge in [0.25, 0.3) is 0 Å². The highest BCUT2D eigenvalue weighted by Gasteiger charge is 2.18. The van der Waals surface area contributed by atoms with Crippen molar-refractivity contribution in [3.63, 3.8) is 0 Å². The highest BCUT2D eigenvalue weighted by Crippen LogP contribution is 2.20. The van der Waals surface area contributed by atoms with Crippen molar-refractivity contribution in [2.45, 2.75) is 52.9 Å². The average molecular weight is 293 g/mol. The van der Waals surface area contributed by atoms with Gasteiger partial charge in [0.1, 0.15) is 11.3 Å². The van der Waals surface area contributed by atoms with Gasteiger partial charge in [-0.3, -0.25) is 4.90 Å². The van der Waals surface area contributed by atoms with Crippen molar-refractivity contribution in [3.05, 3.63) is 29.8 Å². The smallest absolute Gasteiger partial charge is 0.151 e. The van der Waals surface area contributed by atoms with E-state index in [9.17, 15) is 9.50 Å². The molecule has 0 aliphatic rings. The van der Waals surface area contributed by atoms with Crippen LogP contribution in [0.4, 0.5) is 4.39 Å². The molecule has 0 aliphatic carbocycles. The summed E-state index contributed by atoms with van der Waals surface area (Å²) in [6.07, 6.45) is -0.399. The maximum atomic E-state index is 13.9. The van der Waals surface area contributed by atoms with Crippen LogP contribution >= 0.6 is 0 Å². The second-order valence-corrected chi connectivity index (χ2v) is 5.75. The monoisotopic (exact) mass is 293 g/mol. The van der Waals surface area contributed by atoms with Gasteiger partial charge in [-0.1, -0.05) is 6.07 Å². The van der Waals surface area contributed by atoms with E-state index < -0.39 is 6.10 Å². The first-order valence-electron chi connectivity index (χ1n) is 7.49. The van der Waals surface area contributed by atoms with Crippen LogP contribution in [-0.4, -0.2) is 38.2 Å². The van der Waals surface area contributed by atoms with E-state index in [4.69, 9.17) is 0 Å². The first-order chi connectivity index (χ1) is 9.93. The molecule has 0 bridgehead atoms. The summed E-state index contributed by atoms with van der Waals surface area (Å²) in [5, 5.41) is 9.63. The van der Waals surface area contributed by atoms with E-state index in [1.807, 2.05) is 17.6 Å². The minimum atomic E-state index is -0.399. The highest BCUT2D eigenvalue weighted by molar-refractivity contribution is 5.76. The lowest BCUT2D eigenvalue weighted by Gasteiger charge is -2.27. The van der Waals surface area contributed by atoms with E-state index in [0.717, 1.165) is 17.9 Å². The Morgan fingerprint density at radius 2 is 2.05 bits per heavy atom. The molecular weight excluding hydrogens is 269 g/mol. The Kier molecular flexibility index (Phi) is 4.96. The van der Waals surface area contributed by atoms with Crippen LogP contribution < -0.4 is 0 Å². The highest BCUT2D eigenvalue weighted by atomic mass is 19.1. The molecule has 0 spiro atoms. The molecule has 0 amide bonds. The van der Waals surface area contributed by atoms with Crippen LogP contribution in [0.3, 0.4) is 0 Å². The van der Waals surface area contributed by atoms with E-state index in [1.54, 1.807) is 13.0 Å². The molecule has 21 heavy (non-hydrogen) atoms. The quantitative estimate of drug-likeness (QED) is 0.890. The SMILES string of the molecule is CCn1c(CN(CC(C)O)C(C)C)nc2c(F)cccc21. The molecule has 4 nitrogen and oxygen atoms in total. The second-order valence-electron chi connectivity index (χ2n) is 5.75. The summed E-state index contributed by atoms with van der Waals surface area (Å²) in [5.41, 5.74) is 1.25. The maximum absolute atomic E-state index is 13.9. The van der Waals surface area contributed by atoms with Gasteiger partial charge in [0.05, 0.1) is 18.2 Å². The summed E-state index contributed by atoms with van der Waals surface area (Å²) < 4.78 is 15.9. The number of nitrogens with zero attached hydrogens (tertiary/aromatic N) is 3. The van der Waals surface area contributed by atoms with Crippen molar-refractivity contribution in [2.75, 3.05) is 6.54 Å². The number of hydrogen-bond donors (Lipinski definition) is 1. The molecule has 0 radical (unpaired) electrons. The third kappa shape index (κ3) is 3.41. The third-order valence-electron chi connectivity index (χ3n) is 3.70. The number of fused-ring (bicyclic) bond motifs is 1. The second kappa shape index (κ2) is 6.54. The fourth-order valence-electron chi connectivity index (χ4n) is 2.61. The Hall–Kier alpha value is -1.46. The fourth-order valence-corrected chi connectivity index (χ4v) is 2.61. The summed E-state index contributed by atoms with van der Waals surface area (Å²) in [7, 11) is 0. The van der Waals surface area contributed by atoms with Crippen LogP contribution in [0.2, 0.25) is 0 Å². The van der Waals surface area contributed by atoms with Crippen molar-refractivity contribution < 1.29 is 9.50 Å². The number of rotatable bonds is 6. The van der Waals surface area contributed by atoms with Crippen LogP contribution in [0.5, 0.6) is 0 Å². The van der Waals surface area contributed by atoms with Gasteiger partial charge < -0.3 is 9.67 Å². The minimum Gasteiger partial charge on any atom is -0.392 e. The van der Waals surface area contributed by atoms with Crippen molar-refractivity contribution >= 4 is 11.0 Å². The van der Waals surface area contributed by atoms with Crippen LogP contribution in [0.25, 0.3) is 11.0 Å². The molecule has 1 N–H and O–H groups in total. The standard InChI is InChI=1S/C16H24FN3O/c1-5-20-14-8-6-7-13(17)16(14)18-15(20)10-19(11(2)3)9-12(4)21/h6-8,11-12,21H,5,9-10H2,1-4H3. The molecule has 116 valence electrons. The van der Waals surface area contributed by atoms with Crippen LogP contribution in [-0.2, 0) is 13.1 Å². The van der Waals surface area contributed by atoms with Gasteiger partial charge >= 0.3 is 0 Å². The molecular formula is C16H24FN3O. The summed E-state index contributed by atoms with van der Waals surface area (Å²) in [4.78, 5) is 6.63. The van der Waals surface area contributed by atoms with Gasteiger partial charge in [-0.05, 0) is 39.8 Å². The number of aromatic nitrogens is 2. The number of para-hydroxylation sites is 1.